The fourth-order valence-corrected chi connectivity index (χ4v) is 3.14. The molecule has 0 fully saturated rings. The third kappa shape index (κ3) is 2.86. The topological polar surface area (TPSA) is 75.1 Å². The molecule has 0 spiro atoms. The van der Waals surface area contributed by atoms with Crippen molar-refractivity contribution in [2.45, 2.75) is 0 Å². The molecular weight excluding hydrogens is 401 g/mol. The molecular formula is C19H11BrFN3O2. The zero-order valence-corrected chi connectivity index (χ0v) is 14.8. The van der Waals surface area contributed by atoms with Gasteiger partial charge in [-0.1, -0.05) is 6.07 Å². The SMILES string of the molecule is O=C(O)c1ccc2c(c1)nc(Nc1cc(F)ccc1Br)c1ccncc12. The van der Waals surface area contributed by atoms with Gasteiger partial charge in [0.15, 0.2) is 0 Å². The van der Waals surface area contributed by atoms with Gasteiger partial charge in [0.2, 0.25) is 0 Å². The van der Waals surface area contributed by atoms with Crippen molar-refractivity contribution in [2.24, 2.45) is 0 Å². The van der Waals surface area contributed by atoms with Crippen molar-refractivity contribution in [1.29, 1.82) is 0 Å². The third-order valence-corrected chi connectivity index (χ3v) is 4.72. The lowest BCUT2D eigenvalue weighted by Crippen LogP contribution is -2.00. The van der Waals surface area contributed by atoms with Crippen molar-refractivity contribution in [2.75, 3.05) is 5.32 Å². The Bertz CT molecular complexity index is 1180. The monoisotopic (exact) mass is 411 g/mol. The number of carbonyl (C=O) groups is 1. The van der Waals surface area contributed by atoms with Crippen LogP contribution >= 0.6 is 15.9 Å². The van der Waals surface area contributed by atoms with Crippen molar-refractivity contribution < 1.29 is 14.3 Å². The van der Waals surface area contributed by atoms with Gasteiger partial charge in [-0.05, 0) is 52.3 Å². The Morgan fingerprint density at radius 2 is 1.92 bits per heavy atom. The van der Waals surface area contributed by atoms with Crippen LogP contribution in [0.1, 0.15) is 10.4 Å². The molecule has 7 heteroatoms. The minimum absolute atomic E-state index is 0.145. The Morgan fingerprint density at radius 1 is 1.08 bits per heavy atom. The van der Waals surface area contributed by atoms with Gasteiger partial charge < -0.3 is 10.4 Å². The number of nitrogens with zero attached hydrogens (tertiary/aromatic N) is 2. The number of hydrogen-bond acceptors (Lipinski definition) is 4. The number of carboxylic acid groups (broad SMARTS) is 1. The molecule has 5 nitrogen and oxygen atoms in total. The van der Waals surface area contributed by atoms with E-state index >= 15 is 0 Å². The fourth-order valence-electron chi connectivity index (χ4n) is 2.80. The van der Waals surface area contributed by atoms with E-state index in [0.29, 0.717) is 21.5 Å². The van der Waals surface area contributed by atoms with Gasteiger partial charge in [-0.2, -0.15) is 0 Å². The van der Waals surface area contributed by atoms with E-state index in [1.54, 1.807) is 24.5 Å². The molecule has 0 unspecified atom stereocenters. The Hall–Kier alpha value is -3.06. The van der Waals surface area contributed by atoms with Gasteiger partial charge in [-0.3, -0.25) is 4.98 Å². The minimum Gasteiger partial charge on any atom is -0.478 e. The number of pyridine rings is 2. The fraction of sp³-hybridized carbons (Fsp3) is 0. The molecule has 0 aliphatic carbocycles. The molecule has 0 radical (unpaired) electrons. The van der Waals surface area contributed by atoms with E-state index in [2.05, 4.69) is 31.2 Å². The molecule has 2 heterocycles. The van der Waals surface area contributed by atoms with Crippen LogP contribution in [0.2, 0.25) is 0 Å². The van der Waals surface area contributed by atoms with Gasteiger partial charge in [0.05, 0.1) is 16.8 Å². The maximum absolute atomic E-state index is 13.6. The minimum atomic E-state index is -1.03. The van der Waals surface area contributed by atoms with Crippen LogP contribution in [0.5, 0.6) is 0 Å². The number of rotatable bonds is 3. The lowest BCUT2D eigenvalue weighted by molar-refractivity contribution is 0.0697. The second-order valence-electron chi connectivity index (χ2n) is 5.67. The molecule has 0 aliphatic rings. The second-order valence-corrected chi connectivity index (χ2v) is 6.52. The number of aromatic carboxylic acids is 1. The highest BCUT2D eigenvalue weighted by molar-refractivity contribution is 9.10. The van der Waals surface area contributed by atoms with E-state index in [9.17, 15) is 14.3 Å². The van der Waals surface area contributed by atoms with E-state index in [-0.39, 0.29) is 11.4 Å². The van der Waals surface area contributed by atoms with Gasteiger partial charge in [0, 0.05) is 33.0 Å². The largest absolute Gasteiger partial charge is 0.478 e. The van der Waals surface area contributed by atoms with Gasteiger partial charge in [-0.15, -0.1) is 0 Å². The lowest BCUT2D eigenvalue weighted by atomic mass is 10.1. The molecule has 0 aliphatic heterocycles. The molecule has 4 rings (SSSR count). The first kappa shape index (κ1) is 16.4. The summed E-state index contributed by atoms with van der Waals surface area (Å²) in [4.78, 5) is 20.0. The smallest absolute Gasteiger partial charge is 0.335 e. The summed E-state index contributed by atoms with van der Waals surface area (Å²) in [6, 6.07) is 10.9. The van der Waals surface area contributed by atoms with E-state index < -0.39 is 5.97 Å². The van der Waals surface area contributed by atoms with Crippen LogP contribution in [0.25, 0.3) is 21.7 Å². The van der Waals surface area contributed by atoms with Crippen LogP contribution in [0.15, 0.2) is 59.3 Å². The van der Waals surface area contributed by atoms with Crippen molar-refractivity contribution >= 4 is 55.1 Å². The number of nitrogens with one attached hydrogen (secondary N) is 1. The summed E-state index contributed by atoms with van der Waals surface area (Å²) in [6.45, 7) is 0. The van der Waals surface area contributed by atoms with Crippen LogP contribution in [0.4, 0.5) is 15.9 Å². The summed E-state index contributed by atoms with van der Waals surface area (Å²) in [6.07, 6.45) is 3.35. The molecule has 2 aromatic carbocycles. The van der Waals surface area contributed by atoms with E-state index in [1.807, 2.05) is 6.07 Å². The zero-order valence-electron chi connectivity index (χ0n) is 13.2. The van der Waals surface area contributed by atoms with Crippen LogP contribution in [0, 0.1) is 5.82 Å². The van der Waals surface area contributed by atoms with Gasteiger partial charge >= 0.3 is 5.97 Å². The van der Waals surface area contributed by atoms with Crippen molar-refractivity contribution in [3.63, 3.8) is 0 Å². The number of benzene rings is 2. The molecule has 0 saturated carbocycles. The summed E-state index contributed by atoms with van der Waals surface area (Å²) in [7, 11) is 0. The summed E-state index contributed by atoms with van der Waals surface area (Å²) < 4.78 is 14.3. The number of carboxylic acids is 1. The highest BCUT2D eigenvalue weighted by Crippen LogP contribution is 2.33. The molecule has 128 valence electrons. The summed E-state index contributed by atoms with van der Waals surface area (Å²) in [5.41, 5.74) is 1.18. The normalized spacial score (nSPS) is 11.0. The van der Waals surface area contributed by atoms with Crippen molar-refractivity contribution in [3.8, 4) is 0 Å². The standard InChI is InChI=1S/C19H11BrFN3O2/c20-15-4-2-11(21)8-17(15)24-18-13-5-6-22-9-14(13)12-3-1-10(19(25)26)7-16(12)23-18/h1-9H,(H,23,24)(H,25,26). The number of anilines is 2. The average Bonchev–Trinajstić information content (AvgIpc) is 2.64. The molecule has 2 N–H and O–H groups in total. The Balaban J connectivity index is 1.97. The Labute approximate surface area is 155 Å². The van der Waals surface area contributed by atoms with Crippen LogP contribution in [0.3, 0.4) is 0 Å². The average molecular weight is 412 g/mol. The van der Waals surface area contributed by atoms with Crippen LogP contribution in [-0.4, -0.2) is 21.0 Å². The summed E-state index contributed by atoms with van der Waals surface area (Å²) in [5.74, 6) is -0.915. The maximum Gasteiger partial charge on any atom is 0.335 e. The predicted octanol–water partition coefficient (Wildman–Crippen LogP) is 5.13. The molecule has 0 atom stereocenters. The van der Waals surface area contributed by atoms with Crippen molar-refractivity contribution in [1.82, 2.24) is 9.97 Å². The predicted molar refractivity (Wildman–Crippen MR) is 101 cm³/mol. The van der Waals surface area contributed by atoms with Gasteiger partial charge in [0.25, 0.3) is 0 Å². The first-order chi connectivity index (χ1) is 12.5. The van der Waals surface area contributed by atoms with Gasteiger partial charge in [0.1, 0.15) is 11.6 Å². The number of aromatic nitrogens is 2. The Morgan fingerprint density at radius 3 is 2.73 bits per heavy atom. The molecule has 0 amide bonds. The number of hydrogen-bond donors (Lipinski definition) is 2. The van der Waals surface area contributed by atoms with Crippen molar-refractivity contribution in [3.05, 3.63) is 70.7 Å². The molecule has 0 bridgehead atoms. The summed E-state index contributed by atoms with van der Waals surface area (Å²) >= 11 is 3.39. The zero-order chi connectivity index (χ0) is 18.3. The van der Waals surface area contributed by atoms with E-state index in [0.717, 1.165) is 16.2 Å². The number of halogens is 2. The van der Waals surface area contributed by atoms with Crippen LogP contribution in [-0.2, 0) is 0 Å². The first-order valence-electron chi connectivity index (χ1n) is 7.66. The number of fused-ring (bicyclic) bond motifs is 3. The Kier molecular flexibility index (Phi) is 4.00. The lowest BCUT2D eigenvalue weighted by Gasteiger charge is -2.13. The molecule has 0 saturated heterocycles. The van der Waals surface area contributed by atoms with Gasteiger partial charge in [-0.25, -0.2) is 14.2 Å². The highest BCUT2D eigenvalue weighted by Gasteiger charge is 2.12. The molecule has 26 heavy (non-hydrogen) atoms. The molecule has 2 aromatic heterocycles. The third-order valence-electron chi connectivity index (χ3n) is 4.02. The second kappa shape index (κ2) is 6.34. The van der Waals surface area contributed by atoms with E-state index in [1.165, 1.54) is 24.3 Å². The highest BCUT2D eigenvalue weighted by atomic mass is 79.9. The maximum atomic E-state index is 13.6. The van der Waals surface area contributed by atoms with E-state index in [4.69, 9.17) is 0 Å². The first-order valence-corrected chi connectivity index (χ1v) is 8.45. The van der Waals surface area contributed by atoms with Crippen LogP contribution < -0.4 is 5.32 Å². The molecule has 4 aromatic rings. The quantitative estimate of drug-likeness (QED) is 0.457. The summed E-state index contributed by atoms with van der Waals surface area (Å²) in [5, 5.41) is 14.8.